The molecule has 0 aliphatic heterocycles. The summed E-state index contributed by atoms with van der Waals surface area (Å²) in [5.41, 5.74) is 0. The van der Waals surface area contributed by atoms with Crippen LogP contribution in [-0.4, -0.2) is 76.9 Å². The quantitative estimate of drug-likeness (QED) is 0.477. The Morgan fingerprint density at radius 1 is 1.11 bits per heavy atom. The van der Waals surface area contributed by atoms with Crippen LogP contribution in [0, 0.1) is 0 Å². The number of nitrogens with zero attached hydrogens (tertiary/aromatic N) is 2. The average Bonchev–Trinajstić information content (AvgIpc) is 2.27. The van der Waals surface area contributed by atoms with Gasteiger partial charge in [-0.25, -0.2) is 4.79 Å². The topological polar surface area (TPSA) is 64.0 Å². The molecular weight excluding hydrogens is 272 g/mol. The molecule has 7 heteroatoms. The number of hydrogen-bond acceptors (Lipinski definition) is 5. The van der Waals surface area contributed by atoms with E-state index < -0.39 is 6.09 Å². The monoisotopic (exact) mass is 296 g/mol. The Balaban J connectivity index is 4.06. The van der Waals surface area contributed by atoms with E-state index in [4.69, 9.17) is 10.2 Å². The summed E-state index contributed by atoms with van der Waals surface area (Å²) >= 11 is 8.73. The maximum Gasteiger partial charge on any atom is 0.407 e. The Bertz CT molecular complexity index is 242. The van der Waals surface area contributed by atoms with Gasteiger partial charge in [0.2, 0.25) is 0 Å². The van der Waals surface area contributed by atoms with Crippen LogP contribution >= 0.6 is 25.3 Å². The Morgan fingerprint density at radius 2 is 1.67 bits per heavy atom. The highest BCUT2D eigenvalue weighted by molar-refractivity contribution is 7.85. The molecule has 108 valence electrons. The summed E-state index contributed by atoms with van der Waals surface area (Å²) in [5.74, 6) is 0. The minimum absolute atomic E-state index is 0.0113. The van der Waals surface area contributed by atoms with Gasteiger partial charge >= 0.3 is 6.09 Å². The molecule has 0 aromatic rings. The second-order valence-electron chi connectivity index (χ2n) is 4.51. The number of thiol groups is 2. The van der Waals surface area contributed by atoms with Gasteiger partial charge in [0.25, 0.3) is 0 Å². The van der Waals surface area contributed by atoms with E-state index in [1.54, 1.807) is 0 Å². The summed E-state index contributed by atoms with van der Waals surface area (Å²) in [4.78, 5) is 14.4. The predicted octanol–water partition coefficient (Wildman–Crippen LogP) is 0.897. The van der Waals surface area contributed by atoms with Crippen molar-refractivity contribution < 1.29 is 15.0 Å². The van der Waals surface area contributed by atoms with E-state index >= 15 is 0 Å². The Kier molecular flexibility index (Phi) is 9.71. The number of rotatable bonds is 9. The zero-order chi connectivity index (χ0) is 14.1. The molecule has 0 spiro atoms. The standard InChI is InChI=1S/C11H24N2O3S2/c1-12(2)6-7-13(11(15)16)5-3-9(17)10(18)4-8-14/h9-10,14,17-18H,3-8H2,1-2H3,(H,15,16). The van der Waals surface area contributed by atoms with Crippen LogP contribution in [0.15, 0.2) is 0 Å². The first-order chi connectivity index (χ1) is 8.38. The summed E-state index contributed by atoms with van der Waals surface area (Å²) < 4.78 is 0. The molecule has 2 N–H and O–H groups in total. The lowest BCUT2D eigenvalue weighted by molar-refractivity contribution is 0.140. The van der Waals surface area contributed by atoms with Crippen LogP contribution in [-0.2, 0) is 0 Å². The summed E-state index contributed by atoms with van der Waals surface area (Å²) in [6.07, 6.45) is 0.300. The molecule has 0 bridgehead atoms. The fourth-order valence-corrected chi connectivity index (χ4v) is 1.96. The van der Waals surface area contributed by atoms with E-state index in [2.05, 4.69) is 25.3 Å². The summed E-state index contributed by atoms with van der Waals surface area (Å²) in [7, 11) is 3.82. The molecule has 0 aromatic heterocycles. The lowest BCUT2D eigenvalue weighted by atomic mass is 10.1. The average molecular weight is 296 g/mol. The second-order valence-corrected chi connectivity index (χ2v) is 5.84. The van der Waals surface area contributed by atoms with Gasteiger partial charge in [-0.2, -0.15) is 25.3 Å². The number of likely N-dealkylation sites (N-methyl/N-ethyl adjacent to an activating group) is 1. The molecule has 5 nitrogen and oxygen atoms in total. The maximum absolute atomic E-state index is 11.0. The first-order valence-electron chi connectivity index (χ1n) is 5.98. The lowest BCUT2D eigenvalue weighted by Crippen LogP contribution is -2.37. The van der Waals surface area contributed by atoms with E-state index in [-0.39, 0.29) is 17.1 Å². The van der Waals surface area contributed by atoms with E-state index in [1.807, 2.05) is 19.0 Å². The molecule has 0 aliphatic carbocycles. The van der Waals surface area contributed by atoms with Crippen molar-refractivity contribution in [3.63, 3.8) is 0 Å². The number of carbonyl (C=O) groups is 1. The number of aliphatic hydroxyl groups excluding tert-OH is 1. The fourth-order valence-electron chi connectivity index (χ4n) is 1.43. The normalized spacial score (nSPS) is 14.6. The van der Waals surface area contributed by atoms with Crippen molar-refractivity contribution >= 4 is 31.4 Å². The highest BCUT2D eigenvalue weighted by Gasteiger charge is 2.17. The number of amides is 1. The van der Waals surface area contributed by atoms with Crippen LogP contribution in [0.1, 0.15) is 12.8 Å². The van der Waals surface area contributed by atoms with Crippen LogP contribution in [0.25, 0.3) is 0 Å². The maximum atomic E-state index is 11.0. The van der Waals surface area contributed by atoms with Gasteiger partial charge in [0.1, 0.15) is 0 Å². The fraction of sp³-hybridized carbons (Fsp3) is 0.909. The smallest absolute Gasteiger partial charge is 0.407 e. The SMILES string of the molecule is CN(C)CCN(CCC(S)C(S)CCO)C(=O)O. The minimum Gasteiger partial charge on any atom is -0.465 e. The summed E-state index contributed by atoms with van der Waals surface area (Å²) in [5, 5.41) is 17.8. The molecule has 18 heavy (non-hydrogen) atoms. The largest absolute Gasteiger partial charge is 0.465 e. The van der Waals surface area contributed by atoms with Gasteiger partial charge in [0.05, 0.1) is 0 Å². The third kappa shape index (κ3) is 8.07. The number of aliphatic hydroxyl groups is 1. The molecule has 0 saturated heterocycles. The van der Waals surface area contributed by atoms with Crippen molar-refractivity contribution in [2.75, 3.05) is 40.3 Å². The van der Waals surface area contributed by atoms with Crippen molar-refractivity contribution in [3.8, 4) is 0 Å². The molecular formula is C11H24N2O3S2. The molecule has 0 radical (unpaired) electrons. The first-order valence-corrected chi connectivity index (χ1v) is 7.01. The van der Waals surface area contributed by atoms with Gasteiger partial charge in [0, 0.05) is 36.7 Å². The second kappa shape index (κ2) is 9.77. The third-order valence-corrected chi connectivity index (χ3v) is 4.12. The van der Waals surface area contributed by atoms with Crippen molar-refractivity contribution in [2.45, 2.75) is 23.3 Å². The molecule has 0 rings (SSSR count). The molecule has 0 aromatic carbocycles. The Morgan fingerprint density at radius 3 is 2.11 bits per heavy atom. The van der Waals surface area contributed by atoms with Crippen LogP contribution in [0.4, 0.5) is 4.79 Å². The van der Waals surface area contributed by atoms with Crippen molar-refractivity contribution in [1.29, 1.82) is 0 Å². The highest BCUT2D eigenvalue weighted by Crippen LogP contribution is 2.16. The summed E-state index contributed by atoms with van der Waals surface area (Å²) in [6, 6.07) is 0. The van der Waals surface area contributed by atoms with Crippen molar-refractivity contribution in [3.05, 3.63) is 0 Å². The van der Waals surface area contributed by atoms with Crippen molar-refractivity contribution in [1.82, 2.24) is 9.80 Å². The highest BCUT2D eigenvalue weighted by atomic mass is 32.1. The van der Waals surface area contributed by atoms with Gasteiger partial charge in [-0.1, -0.05) is 0 Å². The first kappa shape index (κ1) is 17.9. The summed E-state index contributed by atoms with van der Waals surface area (Å²) in [6.45, 7) is 1.71. The molecule has 1 amide bonds. The zero-order valence-electron chi connectivity index (χ0n) is 11.0. The molecule has 2 unspecified atom stereocenters. The van der Waals surface area contributed by atoms with Gasteiger partial charge < -0.3 is 20.0 Å². The van der Waals surface area contributed by atoms with Crippen LogP contribution in [0.2, 0.25) is 0 Å². The molecule has 0 fully saturated rings. The molecule has 2 atom stereocenters. The molecule has 0 saturated carbocycles. The Labute approximate surface area is 120 Å². The third-order valence-electron chi connectivity index (χ3n) is 2.65. The van der Waals surface area contributed by atoms with E-state index in [1.165, 1.54) is 4.90 Å². The van der Waals surface area contributed by atoms with Gasteiger partial charge in [-0.15, -0.1) is 0 Å². The Hall–Kier alpha value is -0.110. The predicted molar refractivity (Wildman–Crippen MR) is 80.0 cm³/mol. The molecule has 0 aliphatic rings. The van der Waals surface area contributed by atoms with E-state index in [0.717, 1.165) is 0 Å². The molecule has 0 heterocycles. The zero-order valence-corrected chi connectivity index (χ0v) is 12.8. The minimum atomic E-state index is -0.907. The van der Waals surface area contributed by atoms with Gasteiger partial charge in [0.15, 0.2) is 0 Å². The number of hydrogen-bond donors (Lipinski definition) is 4. The van der Waals surface area contributed by atoms with Crippen LogP contribution in [0.5, 0.6) is 0 Å². The van der Waals surface area contributed by atoms with Crippen molar-refractivity contribution in [2.24, 2.45) is 0 Å². The van der Waals surface area contributed by atoms with Gasteiger partial charge in [-0.05, 0) is 26.9 Å². The van der Waals surface area contributed by atoms with Crippen LogP contribution < -0.4 is 0 Å². The van der Waals surface area contributed by atoms with E-state index in [9.17, 15) is 4.79 Å². The van der Waals surface area contributed by atoms with Gasteiger partial charge in [-0.3, -0.25) is 0 Å². The van der Waals surface area contributed by atoms with E-state index in [0.29, 0.717) is 32.5 Å². The lowest BCUT2D eigenvalue weighted by Gasteiger charge is -2.24. The number of carboxylic acid groups (broad SMARTS) is 1. The van der Waals surface area contributed by atoms with Crippen LogP contribution in [0.3, 0.4) is 0 Å².